The van der Waals surface area contributed by atoms with Crippen LogP contribution in [0.15, 0.2) is 12.8 Å². The van der Waals surface area contributed by atoms with E-state index in [1.807, 2.05) is 0 Å². The van der Waals surface area contributed by atoms with Gasteiger partial charge in [0.1, 0.15) is 0 Å². The van der Waals surface area contributed by atoms with Crippen molar-refractivity contribution in [3.8, 4) is 0 Å². The maximum Gasteiger partial charge on any atom is 0.224 e. The topological polar surface area (TPSA) is 55.5 Å². The normalized spacial score (nSPS) is 17.2. The van der Waals surface area contributed by atoms with Gasteiger partial charge in [0.25, 0.3) is 0 Å². The minimum Gasteiger partial charge on any atom is -0.469 e. The van der Waals surface area contributed by atoms with E-state index < -0.39 is 11.3 Å². The molecular weight excluding hydrogens is 142 g/mol. The first kappa shape index (κ1) is 10.5. The average Bonchev–Trinajstić information content (AvgIpc) is 1.86. The number of ether oxygens (including phenoxy) is 1. The molecular formula is C8H17NO2. The van der Waals surface area contributed by atoms with Crippen LogP contribution in [-0.2, 0) is 4.74 Å². The van der Waals surface area contributed by atoms with E-state index in [9.17, 15) is 5.11 Å². The third-order valence-corrected chi connectivity index (χ3v) is 1.76. The summed E-state index contributed by atoms with van der Waals surface area (Å²) in [6.07, 6.45) is 1.64. The predicted molar refractivity (Wildman–Crippen MR) is 44.8 cm³/mol. The molecule has 0 fully saturated rings. The Morgan fingerprint density at radius 3 is 2.18 bits per heavy atom. The third kappa shape index (κ3) is 2.20. The summed E-state index contributed by atoms with van der Waals surface area (Å²) in [4.78, 5) is 0. The summed E-state index contributed by atoms with van der Waals surface area (Å²) < 4.78 is 4.94. The van der Waals surface area contributed by atoms with Gasteiger partial charge in [0.05, 0.1) is 11.8 Å². The van der Waals surface area contributed by atoms with E-state index in [0.29, 0.717) is 6.42 Å². The van der Waals surface area contributed by atoms with Crippen molar-refractivity contribution in [2.24, 2.45) is 5.73 Å². The standard InChI is InChI=1S/C8H17NO2/c1-5-8(10,11-6-2)7(3,4)9/h6,10H,2,5,9H2,1,3-4H3. The highest BCUT2D eigenvalue weighted by Gasteiger charge is 2.40. The molecule has 0 aliphatic carbocycles. The fourth-order valence-electron chi connectivity index (χ4n) is 0.829. The molecule has 0 aliphatic heterocycles. The first-order chi connectivity index (χ1) is 4.87. The molecule has 1 atom stereocenters. The van der Waals surface area contributed by atoms with E-state index >= 15 is 0 Å². The van der Waals surface area contributed by atoms with Crippen LogP contribution in [0.4, 0.5) is 0 Å². The molecule has 0 aliphatic rings. The van der Waals surface area contributed by atoms with Gasteiger partial charge in [-0.15, -0.1) is 0 Å². The van der Waals surface area contributed by atoms with Gasteiger partial charge in [0, 0.05) is 6.42 Å². The summed E-state index contributed by atoms with van der Waals surface area (Å²) in [6.45, 7) is 8.59. The molecule has 0 heterocycles. The van der Waals surface area contributed by atoms with E-state index in [0.717, 1.165) is 0 Å². The second-order valence-electron chi connectivity index (χ2n) is 3.14. The lowest BCUT2D eigenvalue weighted by atomic mass is 9.92. The molecule has 3 N–H and O–H groups in total. The van der Waals surface area contributed by atoms with E-state index in [1.54, 1.807) is 20.8 Å². The number of rotatable bonds is 4. The average molecular weight is 159 g/mol. The van der Waals surface area contributed by atoms with Crippen LogP contribution in [0.5, 0.6) is 0 Å². The number of hydrogen-bond acceptors (Lipinski definition) is 3. The minimum absolute atomic E-state index is 0.433. The Kier molecular flexibility index (Phi) is 3.08. The Morgan fingerprint density at radius 2 is 2.09 bits per heavy atom. The first-order valence-corrected chi connectivity index (χ1v) is 3.67. The molecule has 0 aromatic carbocycles. The van der Waals surface area contributed by atoms with Crippen molar-refractivity contribution < 1.29 is 9.84 Å². The van der Waals surface area contributed by atoms with Gasteiger partial charge in [0.2, 0.25) is 5.79 Å². The van der Waals surface area contributed by atoms with Crippen molar-refractivity contribution in [3.05, 3.63) is 12.8 Å². The summed E-state index contributed by atoms with van der Waals surface area (Å²) in [7, 11) is 0. The highest BCUT2D eigenvalue weighted by molar-refractivity contribution is 4.90. The highest BCUT2D eigenvalue weighted by atomic mass is 16.6. The maximum absolute atomic E-state index is 9.74. The zero-order chi connectivity index (χ0) is 9.12. The van der Waals surface area contributed by atoms with Crippen LogP contribution in [0.2, 0.25) is 0 Å². The largest absolute Gasteiger partial charge is 0.469 e. The lowest BCUT2D eigenvalue weighted by Crippen LogP contribution is -2.57. The van der Waals surface area contributed by atoms with Crippen LogP contribution in [0.25, 0.3) is 0 Å². The van der Waals surface area contributed by atoms with Crippen molar-refractivity contribution >= 4 is 0 Å². The van der Waals surface area contributed by atoms with Crippen LogP contribution in [0.1, 0.15) is 27.2 Å². The van der Waals surface area contributed by atoms with Gasteiger partial charge >= 0.3 is 0 Å². The van der Waals surface area contributed by atoms with E-state index in [2.05, 4.69) is 6.58 Å². The van der Waals surface area contributed by atoms with Crippen LogP contribution in [0, 0.1) is 0 Å². The molecule has 0 saturated heterocycles. The van der Waals surface area contributed by atoms with Gasteiger partial charge in [-0.05, 0) is 13.8 Å². The fraction of sp³-hybridized carbons (Fsp3) is 0.750. The minimum atomic E-state index is -1.31. The first-order valence-electron chi connectivity index (χ1n) is 3.67. The van der Waals surface area contributed by atoms with Gasteiger partial charge in [-0.3, -0.25) is 0 Å². The van der Waals surface area contributed by atoms with Crippen LogP contribution < -0.4 is 5.73 Å². The highest BCUT2D eigenvalue weighted by Crippen LogP contribution is 2.24. The molecule has 0 amide bonds. The van der Waals surface area contributed by atoms with E-state index in [1.165, 1.54) is 6.26 Å². The Morgan fingerprint density at radius 1 is 1.64 bits per heavy atom. The Balaban J connectivity index is 4.45. The quantitative estimate of drug-likeness (QED) is 0.475. The Bertz CT molecular complexity index is 140. The van der Waals surface area contributed by atoms with Crippen LogP contribution >= 0.6 is 0 Å². The SMILES string of the molecule is C=COC(O)(CC)C(C)(C)N. The lowest BCUT2D eigenvalue weighted by molar-refractivity contribution is -0.207. The monoisotopic (exact) mass is 159 g/mol. The predicted octanol–water partition coefficient (Wildman–Crippen LogP) is 0.982. The number of nitrogens with two attached hydrogens (primary N) is 1. The van der Waals surface area contributed by atoms with Crippen LogP contribution in [0.3, 0.4) is 0 Å². The second-order valence-corrected chi connectivity index (χ2v) is 3.14. The second kappa shape index (κ2) is 3.24. The van der Waals surface area contributed by atoms with Crippen molar-refractivity contribution in [2.75, 3.05) is 0 Å². The molecule has 3 heteroatoms. The van der Waals surface area contributed by atoms with E-state index in [4.69, 9.17) is 10.5 Å². The van der Waals surface area contributed by atoms with E-state index in [-0.39, 0.29) is 0 Å². The molecule has 11 heavy (non-hydrogen) atoms. The van der Waals surface area contributed by atoms with Gasteiger partial charge in [-0.1, -0.05) is 13.5 Å². The maximum atomic E-state index is 9.74. The van der Waals surface area contributed by atoms with Gasteiger partial charge < -0.3 is 15.6 Å². The van der Waals surface area contributed by atoms with Crippen molar-refractivity contribution in [1.29, 1.82) is 0 Å². The Hall–Kier alpha value is -0.540. The summed E-state index contributed by atoms with van der Waals surface area (Å²) in [5.74, 6) is -1.31. The summed E-state index contributed by atoms with van der Waals surface area (Å²) in [5, 5.41) is 9.74. The molecule has 0 aromatic rings. The van der Waals surface area contributed by atoms with Gasteiger partial charge in [0.15, 0.2) is 0 Å². The fourth-order valence-corrected chi connectivity index (χ4v) is 0.829. The zero-order valence-electron chi connectivity index (χ0n) is 7.42. The van der Waals surface area contributed by atoms with Crippen molar-refractivity contribution in [3.63, 3.8) is 0 Å². The summed E-state index contributed by atoms with van der Waals surface area (Å²) in [6, 6.07) is 0. The summed E-state index contributed by atoms with van der Waals surface area (Å²) >= 11 is 0. The lowest BCUT2D eigenvalue weighted by Gasteiger charge is -2.37. The summed E-state index contributed by atoms with van der Waals surface area (Å²) in [5.41, 5.74) is 4.91. The number of aliphatic hydroxyl groups is 1. The number of hydrogen-bond donors (Lipinski definition) is 2. The molecule has 0 bridgehead atoms. The molecule has 3 nitrogen and oxygen atoms in total. The van der Waals surface area contributed by atoms with Crippen LogP contribution in [-0.4, -0.2) is 16.4 Å². The Labute approximate surface area is 67.9 Å². The molecule has 0 rings (SSSR count). The smallest absolute Gasteiger partial charge is 0.224 e. The third-order valence-electron chi connectivity index (χ3n) is 1.76. The molecule has 0 saturated carbocycles. The molecule has 1 unspecified atom stereocenters. The zero-order valence-corrected chi connectivity index (χ0v) is 7.42. The molecule has 0 radical (unpaired) electrons. The molecule has 66 valence electrons. The van der Waals surface area contributed by atoms with Gasteiger partial charge in [-0.2, -0.15) is 0 Å². The van der Waals surface area contributed by atoms with Crippen molar-refractivity contribution in [1.82, 2.24) is 0 Å². The van der Waals surface area contributed by atoms with Crippen molar-refractivity contribution in [2.45, 2.75) is 38.5 Å². The van der Waals surface area contributed by atoms with Gasteiger partial charge in [-0.25, -0.2) is 0 Å². The molecule has 0 aromatic heterocycles. The molecule has 0 spiro atoms.